The Kier molecular flexibility index (Phi) is 6.75. The summed E-state index contributed by atoms with van der Waals surface area (Å²) in [5.41, 5.74) is 9.96. The second-order valence-electron chi connectivity index (χ2n) is 13.5. The number of hydrogen-bond acceptors (Lipinski definition) is 5. The van der Waals surface area contributed by atoms with Crippen molar-refractivity contribution in [3.63, 3.8) is 0 Å². The van der Waals surface area contributed by atoms with Gasteiger partial charge in [-0.25, -0.2) is 15.0 Å². The first-order valence-corrected chi connectivity index (χ1v) is 18.0. The van der Waals surface area contributed by atoms with Crippen molar-refractivity contribution in [1.29, 1.82) is 0 Å². The van der Waals surface area contributed by atoms with Crippen LogP contribution in [0.4, 0.5) is 0 Å². The van der Waals surface area contributed by atoms with Crippen molar-refractivity contribution in [3.05, 3.63) is 176 Å². The lowest BCUT2D eigenvalue weighted by Gasteiger charge is -2.11. The molecule has 6 nitrogen and oxygen atoms in total. The number of furan rings is 1. The monoisotopic (exact) mass is 691 g/mol. The van der Waals surface area contributed by atoms with Crippen molar-refractivity contribution in [2.24, 2.45) is 0 Å². The highest BCUT2D eigenvalue weighted by Gasteiger charge is 2.19. The highest BCUT2D eigenvalue weighted by Crippen LogP contribution is 2.37. The number of rotatable bonds is 5. The Bertz CT molecular complexity index is 3160. The van der Waals surface area contributed by atoms with E-state index < -0.39 is 0 Å². The second kappa shape index (κ2) is 12.1. The third-order valence-electron chi connectivity index (χ3n) is 10.3. The van der Waals surface area contributed by atoms with E-state index >= 15 is 0 Å². The molecule has 7 aromatic carbocycles. The van der Waals surface area contributed by atoms with Gasteiger partial charge in [-0.05, 0) is 82.6 Å². The Labute approximate surface area is 309 Å². The summed E-state index contributed by atoms with van der Waals surface area (Å²) in [6.45, 7) is 0. The van der Waals surface area contributed by atoms with Crippen LogP contribution in [-0.4, -0.2) is 24.5 Å². The second-order valence-corrected chi connectivity index (χ2v) is 13.5. The molecule has 0 amide bonds. The molecular formula is C48H29N5O. The molecule has 0 saturated carbocycles. The van der Waals surface area contributed by atoms with E-state index in [9.17, 15) is 0 Å². The molecule has 0 saturated heterocycles. The zero-order chi connectivity index (χ0) is 35.6. The summed E-state index contributed by atoms with van der Waals surface area (Å²) >= 11 is 0. The zero-order valence-corrected chi connectivity index (χ0v) is 28.9. The topological polar surface area (TPSA) is 69.6 Å². The lowest BCUT2D eigenvalue weighted by atomic mass is 10.00. The van der Waals surface area contributed by atoms with Crippen LogP contribution in [0.5, 0.6) is 0 Å². The molecule has 4 heterocycles. The van der Waals surface area contributed by atoms with E-state index in [0.717, 1.165) is 55.1 Å². The normalized spacial score (nSPS) is 11.7. The highest BCUT2D eigenvalue weighted by atomic mass is 16.3. The summed E-state index contributed by atoms with van der Waals surface area (Å²) in [6.07, 6.45) is 3.59. The number of fused-ring (bicyclic) bond motifs is 7. The summed E-state index contributed by atoms with van der Waals surface area (Å²) in [6, 6.07) is 56.9. The number of aromatic nitrogens is 5. The fraction of sp³-hybridized carbons (Fsp3) is 0. The van der Waals surface area contributed by atoms with Gasteiger partial charge in [-0.3, -0.25) is 4.98 Å². The van der Waals surface area contributed by atoms with Gasteiger partial charge in [0.25, 0.3) is 0 Å². The molecule has 0 N–H and O–H groups in total. The lowest BCUT2D eigenvalue weighted by Crippen LogP contribution is -2.01. The third-order valence-corrected chi connectivity index (χ3v) is 10.3. The lowest BCUT2D eigenvalue weighted by molar-refractivity contribution is 0.668. The molecule has 252 valence electrons. The number of pyridine rings is 1. The van der Waals surface area contributed by atoms with Crippen molar-refractivity contribution < 1.29 is 4.42 Å². The fourth-order valence-corrected chi connectivity index (χ4v) is 7.77. The highest BCUT2D eigenvalue weighted by molar-refractivity contribution is 6.12. The summed E-state index contributed by atoms with van der Waals surface area (Å²) in [5.74, 6) is 1.75. The fourth-order valence-electron chi connectivity index (χ4n) is 7.77. The van der Waals surface area contributed by atoms with Crippen LogP contribution in [0.3, 0.4) is 0 Å². The van der Waals surface area contributed by atoms with Gasteiger partial charge in [0.15, 0.2) is 17.5 Å². The van der Waals surface area contributed by atoms with Crippen molar-refractivity contribution >= 4 is 54.5 Å². The zero-order valence-electron chi connectivity index (χ0n) is 28.9. The molecule has 6 heteroatoms. The molecule has 0 aliphatic carbocycles. The number of nitrogens with zero attached hydrogens (tertiary/aromatic N) is 5. The van der Waals surface area contributed by atoms with Crippen molar-refractivity contribution in [2.75, 3.05) is 0 Å². The van der Waals surface area contributed by atoms with Crippen LogP contribution in [0.25, 0.3) is 105 Å². The van der Waals surface area contributed by atoms with Gasteiger partial charge < -0.3 is 8.98 Å². The maximum atomic E-state index is 6.23. The molecule has 0 radical (unpaired) electrons. The van der Waals surface area contributed by atoms with Crippen LogP contribution in [0.1, 0.15) is 0 Å². The molecule has 0 atom stereocenters. The van der Waals surface area contributed by atoms with Gasteiger partial charge in [-0.15, -0.1) is 0 Å². The molecular weight excluding hydrogens is 663 g/mol. The summed E-state index contributed by atoms with van der Waals surface area (Å²) < 4.78 is 8.55. The molecule has 0 aliphatic rings. The van der Waals surface area contributed by atoms with Gasteiger partial charge in [0.2, 0.25) is 0 Å². The predicted octanol–water partition coefficient (Wildman–Crippen LogP) is 12.1. The molecule has 0 aliphatic heterocycles. The van der Waals surface area contributed by atoms with Gasteiger partial charge in [0, 0.05) is 56.3 Å². The smallest absolute Gasteiger partial charge is 0.164 e. The molecule has 4 aromatic heterocycles. The van der Waals surface area contributed by atoms with E-state index in [1.807, 2.05) is 36.5 Å². The van der Waals surface area contributed by atoms with Crippen molar-refractivity contribution in [2.45, 2.75) is 0 Å². The average molecular weight is 692 g/mol. The number of benzene rings is 7. The van der Waals surface area contributed by atoms with E-state index in [-0.39, 0.29) is 0 Å². The number of hydrogen-bond donors (Lipinski definition) is 0. The Morgan fingerprint density at radius 2 is 1.06 bits per heavy atom. The molecule has 11 rings (SSSR count). The van der Waals surface area contributed by atoms with E-state index in [0.29, 0.717) is 17.5 Å². The van der Waals surface area contributed by atoms with Gasteiger partial charge in [-0.1, -0.05) is 103 Å². The Morgan fingerprint density at radius 1 is 0.426 bits per heavy atom. The molecule has 0 spiro atoms. The van der Waals surface area contributed by atoms with E-state index in [1.165, 1.54) is 32.9 Å². The summed E-state index contributed by atoms with van der Waals surface area (Å²) in [7, 11) is 0. The molecule has 54 heavy (non-hydrogen) atoms. The maximum Gasteiger partial charge on any atom is 0.164 e. The van der Waals surface area contributed by atoms with Crippen LogP contribution in [0, 0.1) is 0 Å². The molecule has 0 unspecified atom stereocenters. The quantitative estimate of drug-likeness (QED) is 0.180. The van der Waals surface area contributed by atoms with Gasteiger partial charge in [0.1, 0.15) is 11.2 Å². The largest absolute Gasteiger partial charge is 0.456 e. The van der Waals surface area contributed by atoms with E-state index in [2.05, 4.69) is 143 Å². The van der Waals surface area contributed by atoms with Crippen LogP contribution in [-0.2, 0) is 0 Å². The minimum atomic E-state index is 0.568. The third kappa shape index (κ3) is 4.89. The first-order chi connectivity index (χ1) is 26.7. The minimum absolute atomic E-state index is 0.568. The van der Waals surface area contributed by atoms with Gasteiger partial charge >= 0.3 is 0 Å². The summed E-state index contributed by atoms with van der Waals surface area (Å²) in [4.78, 5) is 19.8. The Morgan fingerprint density at radius 3 is 1.81 bits per heavy atom. The summed E-state index contributed by atoms with van der Waals surface area (Å²) in [5, 5.41) is 6.57. The maximum absolute atomic E-state index is 6.23. The van der Waals surface area contributed by atoms with E-state index in [1.54, 1.807) is 6.20 Å². The van der Waals surface area contributed by atoms with Crippen LogP contribution < -0.4 is 0 Å². The van der Waals surface area contributed by atoms with Crippen LogP contribution in [0.15, 0.2) is 181 Å². The molecule has 0 bridgehead atoms. The first kappa shape index (κ1) is 30.2. The predicted molar refractivity (Wildman–Crippen MR) is 218 cm³/mol. The first-order valence-electron chi connectivity index (χ1n) is 18.0. The number of para-hydroxylation sites is 2. The van der Waals surface area contributed by atoms with Crippen LogP contribution in [0.2, 0.25) is 0 Å². The average Bonchev–Trinajstić information content (AvgIpc) is 3.80. The van der Waals surface area contributed by atoms with Gasteiger partial charge in [-0.2, -0.15) is 0 Å². The van der Waals surface area contributed by atoms with E-state index in [4.69, 9.17) is 19.4 Å². The van der Waals surface area contributed by atoms with Gasteiger partial charge in [0.05, 0.1) is 11.0 Å². The van der Waals surface area contributed by atoms with Crippen LogP contribution >= 0.6 is 0 Å². The molecule has 11 aromatic rings. The SMILES string of the molecule is c1ccc(-c2ccc3cc(-c4nc(-c5ccc(-n6c7ccccc7c7ccccc76)cc5)nc(-c5cccc6oc7ccncc7c56)n4)ccc3c2)cc1. The standard InChI is InChI=1S/C48H29N5O/c1-2-9-30(10-3-1)32-17-18-34-28-35(20-19-33(34)27-32)47-50-46(51-48(52-47)39-13-8-16-44-45(39)40-29-49-26-25-43(40)54-44)31-21-23-36(24-22-31)53-41-14-6-4-11-37(41)38-12-5-7-15-42(38)53/h1-29H. The Hall–Kier alpha value is -7.44. The Balaban J connectivity index is 1.07. The molecule has 0 fully saturated rings. The van der Waals surface area contributed by atoms with Crippen molar-refractivity contribution in [3.8, 4) is 51.0 Å². The van der Waals surface area contributed by atoms with Crippen molar-refractivity contribution in [1.82, 2.24) is 24.5 Å². The minimum Gasteiger partial charge on any atom is -0.456 e.